The summed E-state index contributed by atoms with van der Waals surface area (Å²) in [6, 6.07) is 6.49. The molecule has 0 saturated heterocycles. The van der Waals surface area contributed by atoms with Gasteiger partial charge < -0.3 is 10.1 Å². The van der Waals surface area contributed by atoms with Gasteiger partial charge in [-0.2, -0.15) is 0 Å². The monoisotopic (exact) mass is 370 g/mol. The summed E-state index contributed by atoms with van der Waals surface area (Å²) in [7, 11) is 0.131. The van der Waals surface area contributed by atoms with Crippen LogP contribution < -0.4 is 10.1 Å². The molecule has 0 radical (unpaired) electrons. The van der Waals surface area contributed by atoms with Crippen LogP contribution in [-0.2, 0) is 10.0 Å². The first-order valence-corrected chi connectivity index (χ1v) is 8.48. The molecule has 2 rings (SSSR count). The molecule has 0 fully saturated rings. The highest BCUT2D eigenvalue weighted by Crippen LogP contribution is 2.27. The fourth-order valence-electron chi connectivity index (χ4n) is 2.00. The van der Waals surface area contributed by atoms with Gasteiger partial charge in [0.25, 0.3) is 5.91 Å². The molecule has 2 aromatic rings. The number of ether oxygens (including phenoxy) is 1. The molecule has 0 aliphatic rings. The molecule has 2 aromatic carbocycles. The number of rotatable bonds is 5. The number of methoxy groups -OCH3 is 1. The Kier molecular flexibility index (Phi) is 5.39. The van der Waals surface area contributed by atoms with Crippen molar-refractivity contribution in [2.75, 3.05) is 26.5 Å². The molecule has 6 nitrogen and oxygen atoms in total. The van der Waals surface area contributed by atoms with Crippen LogP contribution in [0.1, 0.15) is 10.4 Å². The van der Waals surface area contributed by atoms with Gasteiger partial charge in [-0.05, 0) is 30.3 Å². The number of hydrogen-bond acceptors (Lipinski definition) is 4. The normalized spacial score (nSPS) is 11.4. The van der Waals surface area contributed by atoms with E-state index in [0.29, 0.717) is 6.07 Å². The summed E-state index contributed by atoms with van der Waals surface area (Å²) in [5.41, 5.74) is -0.246. The van der Waals surface area contributed by atoms with Crippen molar-refractivity contribution in [1.82, 2.24) is 4.31 Å². The maximum atomic E-state index is 13.6. The minimum absolute atomic E-state index is 0.0232. The second-order valence-corrected chi connectivity index (χ2v) is 7.35. The maximum absolute atomic E-state index is 13.6. The van der Waals surface area contributed by atoms with Gasteiger partial charge in [0.15, 0.2) is 0 Å². The first-order chi connectivity index (χ1) is 11.7. The summed E-state index contributed by atoms with van der Waals surface area (Å²) in [6.07, 6.45) is 0. The van der Waals surface area contributed by atoms with Crippen molar-refractivity contribution in [3.63, 3.8) is 0 Å². The molecule has 0 spiro atoms. The number of carbonyl (C=O) groups is 1. The molecular formula is C16H16F2N2O4S. The molecule has 0 aliphatic heterocycles. The SMILES string of the molecule is COc1ccc(C(=O)Nc2ccc(F)cc2F)cc1S(=O)(=O)N(C)C. The highest BCUT2D eigenvalue weighted by molar-refractivity contribution is 7.89. The minimum Gasteiger partial charge on any atom is -0.495 e. The molecule has 1 amide bonds. The van der Waals surface area contributed by atoms with E-state index in [-0.39, 0.29) is 21.9 Å². The van der Waals surface area contributed by atoms with Crippen molar-refractivity contribution in [1.29, 1.82) is 0 Å². The molecule has 0 unspecified atom stereocenters. The van der Waals surface area contributed by atoms with Crippen LogP contribution in [0, 0.1) is 11.6 Å². The quantitative estimate of drug-likeness (QED) is 0.877. The molecular weight excluding hydrogens is 354 g/mol. The van der Waals surface area contributed by atoms with Gasteiger partial charge in [-0.15, -0.1) is 0 Å². The Bertz CT molecular complexity index is 914. The van der Waals surface area contributed by atoms with E-state index in [1.165, 1.54) is 33.3 Å². The Labute approximate surface area is 144 Å². The summed E-state index contributed by atoms with van der Waals surface area (Å²) in [5.74, 6) is -2.40. The summed E-state index contributed by atoms with van der Waals surface area (Å²) < 4.78 is 57.3. The van der Waals surface area contributed by atoms with Gasteiger partial charge in [0, 0.05) is 25.7 Å². The third-order valence-electron chi connectivity index (χ3n) is 3.36. The van der Waals surface area contributed by atoms with Gasteiger partial charge >= 0.3 is 0 Å². The summed E-state index contributed by atoms with van der Waals surface area (Å²) in [6.45, 7) is 0. The van der Waals surface area contributed by atoms with Crippen molar-refractivity contribution in [3.8, 4) is 5.75 Å². The van der Waals surface area contributed by atoms with Crippen LogP contribution in [0.3, 0.4) is 0 Å². The first kappa shape index (κ1) is 18.8. The van der Waals surface area contributed by atoms with Crippen LogP contribution in [-0.4, -0.2) is 39.8 Å². The summed E-state index contributed by atoms with van der Waals surface area (Å²) in [4.78, 5) is 12.1. The van der Waals surface area contributed by atoms with Crippen LogP contribution in [0.15, 0.2) is 41.3 Å². The lowest BCUT2D eigenvalue weighted by Gasteiger charge is -2.15. The lowest BCUT2D eigenvalue weighted by molar-refractivity contribution is 0.102. The topological polar surface area (TPSA) is 75.7 Å². The van der Waals surface area contributed by atoms with E-state index in [4.69, 9.17) is 4.74 Å². The summed E-state index contributed by atoms with van der Waals surface area (Å²) >= 11 is 0. The average molecular weight is 370 g/mol. The zero-order valence-corrected chi connectivity index (χ0v) is 14.5. The minimum atomic E-state index is -3.86. The van der Waals surface area contributed by atoms with Gasteiger partial charge in [-0.1, -0.05) is 0 Å². The van der Waals surface area contributed by atoms with E-state index in [1.807, 2.05) is 0 Å². The van der Waals surface area contributed by atoms with E-state index in [0.717, 1.165) is 22.5 Å². The molecule has 0 aromatic heterocycles. The maximum Gasteiger partial charge on any atom is 0.255 e. The fraction of sp³-hybridized carbons (Fsp3) is 0.188. The third kappa shape index (κ3) is 3.94. The molecule has 0 bridgehead atoms. The van der Waals surface area contributed by atoms with E-state index < -0.39 is 27.6 Å². The van der Waals surface area contributed by atoms with E-state index in [2.05, 4.69) is 5.32 Å². The lowest BCUT2D eigenvalue weighted by atomic mass is 10.2. The number of amides is 1. The van der Waals surface area contributed by atoms with Crippen molar-refractivity contribution >= 4 is 21.6 Å². The van der Waals surface area contributed by atoms with Gasteiger partial charge in [0.2, 0.25) is 10.0 Å². The van der Waals surface area contributed by atoms with E-state index in [1.54, 1.807) is 0 Å². The van der Waals surface area contributed by atoms with Gasteiger partial charge in [-0.3, -0.25) is 4.79 Å². The van der Waals surface area contributed by atoms with Gasteiger partial charge in [0.05, 0.1) is 12.8 Å². The fourth-order valence-corrected chi connectivity index (χ4v) is 3.08. The molecule has 0 aliphatic carbocycles. The number of halogens is 2. The smallest absolute Gasteiger partial charge is 0.255 e. The number of anilines is 1. The van der Waals surface area contributed by atoms with Crippen LogP contribution in [0.25, 0.3) is 0 Å². The van der Waals surface area contributed by atoms with Crippen molar-refractivity contribution in [2.24, 2.45) is 0 Å². The number of nitrogens with one attached hydrogen (secondary N) is 1. The Morgan fingerprint density at radius 3 is 2.36 bits per heavy atom. The van der Waals surface area contributed by atoms with Crippen molar-refractivity contribution in [3.05, 3.63) is 53.6 Å². The number of sulfonamides is 1. The first-order valence-electron chi connectivity index (χ1n) is 7.03. The number of hydrogen-bond donors (Lipinski definition) is 1. The zero-order chi connectivity index (χ0) is 18.8. The Morgan fingerprint density at radius 1 is 1.12 bits per heavy atom. The molecule has 134 valence electrons. The molecule has 1 N–H and O–H groups in total. The summed E-state index contributed by atoms with van der Waals surface area (Å²) in [5, 5.41) is 2.27. The largest absolute Gasteiger partial charge is 0.495 e. The Hall–Kier alpha value is -2.52. The predicted molar refractivity (Wildman–Crippen MR) is 88.2 cm³/mol. The lowest BCUT2D eigenvalue weighted by Crippen LogP contribution is -2.23. The van der Waals surface area contributed by atoms with Crippen LogP contribution in [0.5, 0.6) is 5.75 Å². The molecule has 0 heterocycles. The van der Waals surface area contributed by atoms with E-state index in [9.17, 15) is 22.0 Å². The third-order valence-corrected chi connectivity index (χ3v) is 5.20. The van der Waals surface area contributed by atoms with Crippen LogP contribution in [0.4, 0.5) is 14.5 Å². The molecule has 0 atom stereocenters. The zero-order valence-electron chi connectivity index (χ0n) is 13.7. The second-order valence-electron chi connectivity index (χ2n) is 5.23. The van der Waals surface area contributed by atoms with Crippen molar-refractivity contribution < 1.29 is 26.7 Å². The highest BCUT2D eigenvalue weighted by atomic mass is 32.2. The predicted octanol–water partition coefficient (Wildman–Crippen LogP) is 2.48. The van der Waals surface area contributed by atoms with Crippen LogP contribution >= 0.6 is 0 Å². The van der Waals surface area contributed by atoms with Gasteiger partial charge in [0.1, 0.15) is 22.3 Å². The average Bonchev–Trinajstić information content (AvgIpc) is 2.56. The molecule has 25 heavy (non-hydrogen) atoms. The van der Waals surface area contributed by atoms with E-state index >= 15 is 0 Å². The molecule has 9 heteroatoms. The number of benzene rings is 2. The van der Waals surface area contributed by atoms with Crippen LogP contribution in [0.2, 0.25) is 0 Å². The Balaban J connectivity index is 2.41. The standard InChI is InChI=1S/C16H16F2N2O4S/c1-20(2)25(22,23)15-8-10(4-7-14(15)24-3)16(21)19-13-6-5-11(17)9-12(13)18/h4-9H,1-3H3,(H,19,21). The number of nitrogens with zero attached hydrogens (tertiary/aromatic N) is 1. The number of carbonyl (C=O) groups excluding carboxylic acids is 1. The van der Waals surface area contributed by atoms with Gasteiger partial charge in [-0.25, -0.2) is 21.5 Å². The van der Waals surface area contributed by atoms with Crippen molar-refractivity contribution in [2.45, 2.75) is 4.90 Å². The Morgan fingerprint density at radius 2 is 1.80 bits per heavy atom. The second kappa shape index (κ2) is 7.16. The molecule has 0 saturated carbocycles. The highest BCUT2D eigenvalue weighted by Gasteiger charge is 2.24.